The third-order valence-corrected chi connectivity index (χ3v) is 2.78. The number of halogens is 3. The maximum absolute atomic E-state index is 12.9. The minimum Gasteiger partial charge on any atom is -0.239 e. The van der Waals surface area contributed by atoms with Crippen LogP contribution < -0.4 is 0 Å². The molecule has 0 saturated heterocycles. The van der Waals surface area contributed by atoms with Gasteiger partial charge in [-0.2, -0.15) is 0 Å². The smallest absolute Gasteiger partial charge is 0.239 e. The second-order valence-electron chi connectivity index (χ2n) is 3.66. The quantitative estimate of drug-likeness (QED) is 0.476. The molecule has 8 heteroatoms. The van der Waals surface area contributed by atoms with Gasteiger partial charge in [-0.3, -0.25) is 0 Å². The summed E-state index contributed by atoms with van der Waals surface area (Å²) in [6.45, 7) is 0. The second-order valence-corrected chi connectivity index (χ2v) is 4.57. The fraction of sp³-hybridized carbons (Fsp3) is 0.500. The van der Waals surface area contributed by atoms with Crippen molar-refractivity contribution in [2.24, 2.45) is 5.11 Å². The van der Waals surface area contributed by atoms with Crippen LogP contribution in [0.2, 0.25) is 0 Å². The maximum Gasteiger partial charge on any atom is 0.250 e. The predicted molar refractivity (Wildman–Crippen MR) is 54.7 cm³/mol. The first-order valence-corrected chi connectivity index (χ1v) is 5.19. The summed E-state index contributed by atoms with van der Waals surface area (Å²) in [4.78, 5) is 10.4. The lowest BCUT2D eigenvalue weighted by Gasteiger charge is -2.42. The Labute approximate surface area is 97.7 Å². The molecule has 0 bridgehead atoms. The van der Waals surface area contributed by atoms with Gasteiger partial charge in [0, 0.05) is 30.1 Å². The average Bonchev–Trinajstić information content (AvgIpc) is 2.16. The number of azide groups is 1. The molecule has 0 aliphatic heterocycles. The summed E-state index contributed by atoms with van der Waals surface area (Å²) >= 11 is 3.14. The van der Waals surface area contributed by atoms with Gasteiger partial charge in [-0.25, -0.2) is 18.7 Å². The summed E-state index contributed by atoms with van der Waals surface area (Å²) in [6, 6.07) is 0. The number of aromatic nitrogens is 2. The molecule has 0 atom stereocenters. The Hall–Kier alpha value is -1.27. The van der Waals surface area contributed by atoms with E-state index >= 15 is 0 Å². The zero-order chi connectivity index (χ0) is 11.8. The molecule has 84 valence electrons. The van der Waals surface area contributed by atoms with Crippen LogP contribution in [0.4, 0.5) is 8.78 Å². The zero-order valence-electron chi connectivity index (χ0n) is 7.94. The van der Waals surface area contributed by atoms with E-state index in [9.17, 15) is 8.78 Å². The third kappa shape index (κ3) is 1.85. The standard InChI is InChI=1S/C8H6BrF2N5/c9-5-1-13-6(14-2-5)7(15-16-12)3-8(10,11)4-7/h1-2H,3-4H2. The molecule has 0 N–H and O–H groups in total. The van der Waals surface area contributed by atoms with Crippen molar-refractivity contribution in [3.8, 4) is 0 Å². The van der Waals surface area contributed by atoms with E-state index < -0.39 is 24.3 Å². The van der Waals surface area contributed by atoms with Gasteiger partial charge in [0.1, 0.15) is 11.4 Å². The van der Waals surface area contributed by atoms with Crippen molar-refractivity contribution in [1.29, 1.82) is 0 Å². The minimum atomic E-state index is -2.80. The highest BCUT2D eigenvalue weighted by Crippen LogP contribution is 2.53. The van der Waals surface area contributed by atoms with E-state index in [0.717, 1.165) is 0 Å². The molecule has 1 aliphatic carbocycles. The number of nitrogens with zero attached hydrogens (tertiary/aromatic N) is 5. The van der Waals surface area contributed by atoms with Crippen molar-refractivity contribution in [1.82, 2.24) is 9.97 Å². The van der Waals surface area contributed by atoms with Gasteiger partial charge in [0.2, 0.25) is 5.92 Å². The Morgan fingerprint density at radius 3 is 2.38 bits per heavy atom. The van der Waals surface area contributed by atoms with Crippen LogP contribution in [0, 0.1) is 0 Å². The van der Waals surface area contributed by atoms with E-state index in [2.05, 4.69) is 35.9 Å². The van der Waals surface area contributed by atoms with E-state index in [1.807, 2.05) is 0 Å². The Kier molecular flexibility index (Phi) is 2.55. The average molecular weight is 290 g/mol. The van der Waals surface area contributed by atoms with Crippen LogP contribution in [0.3, 0.4) is 0 Å². The van der Waals surface area contributed by atoms with Crippen molar-refractivity contribution in [2.45, 2.75) is 24.3 Å². The number of rotatable bonds is 2. The summed E-state index contributed by atoms with van der Waals surface area (Å²) in [5.41, 5.74) is 7.11. The topological polar surface area (TPSA) is 74.5 Å². The van der Waals surface area contributed by atoms with Crippen LogP contribution in [0.15, 0.2) is 22.0 Å². The molecular formula is C8H6BrF2N5. The lowest BCUT2D eigenvalue weighted by atomic mass is 9.73. The monoisotopic (exact) mass is 289 g/mol. The summed E-state index contributed by atoms with van der Waals surface area (Å²) in [6.07, 6.45) is 1.80. The molecule has 1 aromatic heterocycles. The molecular weight excluding hydrogens is 284 g/mol. The summed E-state index contributed by atoms with van der Waals surface area (Å²) in [7, 11) is 0. The first kappa shape index (κ1) is 11.2. The molecule has 5 nitrogen and oxygen atoms in total. The lowest BCUT2D eigenvalue weighted by Crippen LogP contribution is -2.48. The molecule has 16 heavy (non-hydrogen) atoms. The highest BCUT2D eigenvalue weighted by molar-refractivity contribution is 9.10. The van der Waals surface area contributed by atoms with Crippen LogP contribution >= 0.6 is 15.9 Å². The van der Waals surface area contributed by atoms with Crippen molar-refractivity contribution in [3.63, 3.8) is 0 Å². The first-order chi connectivity index (χ1) is 7.47. The molecule has 1 saturated carbocycles. The largest absolute Gasteiger partial charge is 0.250 e. The van der Waals surface area contributed by atoms with Crippen LogP contribution in [0.5, 0.6) is 0 Å². The van der Waals surface area contributed by atoms with E-state index in [4.69, 9.17) is 5.53 Å². The Balaban J connectivity index is 2.35. The number of hydrogen-bond acceptors (Lipinski definition) is 3. The molecule has 1 aliphatic rings. The molecule has 0 aromatic carbocycles. The van der Waals surface area contributed by atoms with E-state index in [0.29, 0.717) is 4.47 Å². The van der Waals surface area contributed by atoms with Gasteiger partial charge in [0.15, 0.2) is 0 Å². The maximum atomic E-state index is 12.9. The Morgan fingerprint density at radius 1 is 1.38 bits per heavy atom. The highest BCUT2D eigenvalue weighted by atomic mass is 79.9. The van der Waals surface area contributed by atoms with Gasteiger partial charge < -0.3 is 0 Å². The van der Waals surface area contributed by atoms with Gasteiger partial charge in [-0.05, 0) is 21.5 Å². The first-order valence-electron chi connectivity index (χ1n) is 4.40. The van der Waals surface area contributed by atoms with Gasteiger partial charge >= 0.3 is 0 Å². The third-order valence-electron chi connectivity index (χ3n) is 2.37. The fourth-order valence-electron chi connectivity index (χ4n) is 1.72. The van der Waals surface area contributed by atoms with Crippen molar-refractivity contribution in [2.75, 3.05) is 0 Å². The fourth-order valence-corrected chi connectivity index (χ4v) is 1.92. The molecule has 0 spiro atoms. The minimum absolute atomic E-state index is 0.138. The molecule has 0 radical (unpaired) electrons. The second kappa shape index (κ2) is 3.64. The van der Waals surface area contributed by atoms with Gasteiger partial charge in [-0.15, -0.1) is 0 Å². The summed E-state index contributed by atoms with van der Waals surface area (Å²) in [5, 5.41) is 3.42. The van der Waals surface area contributed by atoms with Crippen LogP contribution in [0.25, 0.3) is 10.4 Å². The predicted octanol–water partition coefficient (Wildman–Crippen LogP) is 3.17. The van der Waals surface area contributed by atoms with Gasteiger partial charge in [0.05, 0.1) is 4.47 Å². The molecule has 1 fully saturated rings. The summed E-state index contributed by atoms with van der Waals surface area (Å²) in [5.74, 6) is -2.66. The molecule has 0 unspecified atom stereocenters. The number of hydrogen-bond donors (Lipinski definition) is 0. The van der Waals surface area contributed by atoms with Gasteiger partial charge in [0.25, 0.3) is 0 Å². The van der Waals surface area contributed by atoms with Crippen LogP contribution in [0.1, 0.15) is 18.7 Å². The van der Waals surface area contributed by atoms with Gasteiger partial charge in [-0.1, -0.05) is 5.11 Å². The summed E-state index contributed by atoms with van der Waals surface area (Å²) < 4.78 is 26.4. The molecule has 1 heterocycles. The van der Waals surface area contributed by atoms with Crippen LogP contribution in [-0.2, 0) is 5.54 Å². The van der Waals surface area contributed by atoms with E-state index in [1.54, 1.807) is 0 Å². The van der Waals surface area contributed by atoms with E-state index in [-0.39, 0.29) is 5.82 Å². The Morgan fingerprint density at radius 2 is 1.94 bits per heavy atom. The lowest BCUT2D eigenvalue weighted by molar-refractivity contribution is -0.127. The normalized spacial score (nSPS) is 20.7. The zero-order valence-corrected chi connectivity index (χ0v) is 9.52. The molecule has 0 amide bonds. The highest BCUT2D eigenvalue weighted by Gasteiger charge is 2.59. The SMILES string of the molecule is [N-]=[N+]=NC1(c2ncc(Br)cn2)CC(F)(F)C1. The number of alkyl halides is 2. The van der Waals surface area contributed by atoms with Crippen LogP contribution in [-0.4, -0.2) is 15.9 Å². The Bertz CT molecular complexity index is 446. The van der Waals surface area contributed by atoms with Crippen molar-refractivity contribution in [3.05, 3.63) is 33.1 Å². The van der Waals surface area contributed by atoms with Crippen molar-refractivity contribution >= 4 is 15.9 Å². The molecule has 2 rings (SSSR count). The molecule has 1 aromatic rings. The van der Waals surface area contributed by atoms with Crippen molar-refractivity contribution < 1.29 is 8.78 Å². The van der Waals surface area contributed by atoms with E-state index in [1.165, 1.54) is 12.4 Å².